The molecule has 16 nitrogen and oxygen atoms in total. The van der Waals surface area contributed by atoms with Crippen LogP contribution in [0.4, 0.5) is 8.78 Å². The van der Waals surface area contributed by atoms with Gasteiger partial charge in [-0.1, -0.05) is 24.3 Å². The van der Waals surface area contributed by atoms with Crippen LogP contribution in [0.25, 0.3) is 0 Å². The number of carbonyl (C=O) groups excluding carboxylic acids is 4. The molecule has 2 aromatic rings. The molecule has 8 rings (SSSR count). The van der Waals surface area contributed by atoms with Crippen molar-refractivity contribution in [3.8, 4) is 0 Å². The standard InChI is InChI=1S/2C29H44FN3O5/c1-20-23(6-5-7-25(20)30)26-24(27(34)32-13-8-21(37-3)9-14-32)18-31-19-29(26,12-17-36-2)28(35)33-15-10-22(38-4)11-16-33;1-20-23(10-7-11-25(20)30)26-24(27(36)32-13-5-3-8-21(32)17-34)16-31-19-29(26,12-15-38-2)28(37)33-14-6-4-9-22(33)18-35/h5-7,21-22,24,26,31H,8-19H2,1-4H3;7,10-11,21-22,24,26,31,34-35H,3-6,8-9,12-19H2,1-2H3/t24-,26-,29+;21-,22-,24-,26-,29+/m11/s1. The van der Waals surface area contributed by atoms with Gasteiger partial charge in [0.05, 0.1) is 60.2 Å². The molecular formula is C58H88F2N6O10. The van der Waals surface area contributed by atoms with E-state index in [2.05, 4.69) is 10.6 Å². The summed E-state index contributed by atoms with van der Waals surface area (Å²) >= 11 is 0. The second-order valence-corrected chi connectivity index (χ2v) is 22.3. The normalized spacial score (nSPS) is 28.9. The molecule has 6 aliphatic heterocycles. The van der Waals surface area contributed by atoms with Crippen LogP contribution in [-0.2, 0) is 38.1 Å². The molecule has 0 unspecified atom stereocenters. The van der Waals surface area contributed by atoms with Gasteiger partial charge in [0.1, 0.15) is 11.6 Å². The fraction of sp³-hybridized carbons (Fsp3) is 0.724. The lowest BCUT2D eigenvalue weighted by molar-refractivity contribution is -0.157. The lowest BCUT2D eigenvalue weighted by Gasteiger charge is -2.52. The van der Waals surface area contributed by atoms with E-state index in [0.29, 0.717) is 108 Å². The Hall–Kier alpha value is -4.14. The van der Waals surface area contributed by atoms with Gasteiger partial charge in [-0.3, -0.25) is 19.2 Å². The molecule has 6 saturated heterocycles. The predicted octanol–water partition coefficient (Wildman–Crippen LogP) is 4.94. The molecule has 0 aliphatic carbocycles. The molecule has 18 heteroatoms. The molecule has 76 heavy (non-hydrogen) atoms. The van der Waals surface area contributed by atoms with E-state index in [0.717, 1.165) is 69.8 Å². The number of nitrogens with one attached hydrogen (secondary N) is 2. The molecular weight excluding hydrogens is 979 g/mol. The molecule has 6 aliphatic rings. The van der Waals surface area contributed by atoms with Gasteiger partial charge in [-0.2, -0.15) is 0 Å². The number of carbonyl (C=O) groups is 4. The second-order valence-electron chi connectivity index (χ2n) is 22.3. The van der Waals surface area contributed by atoms with E-state index in [-0.39, 0.29) is 72.8 Å². The van der Waals surface area contributed by atoms with Crippen LogP contribution in [0.15, 0.2) is 36.4 Å². The Morgan fingerprint density at radius 1 is 0.579 bits per heavy atom. The van der Waals surface area contributed by atoms with Crippen LogP contribution in [0.3, 0.4) is 0 Å². The van der Waals surface area contributed by atoms with E-state index in [1.54, 1.807) is 64.2 Å². The summed E-state index contributed by atoms with van der Waals surface area (Å²) in [5, 5.41) is 27.0. The van der Waals surface area contributed by atoms with Gasteiger partial charge in [-0.15, -0.1) is 0 Å². The van der Waals surface area contributed by atoms with E-state index in [1.807, 2.05) is 21.9 Å². The number of rotatable bonds is 16. The molecule has 8 atom stereocenters. The highest BCUT2D eigenvalue weighted by molar-refractivity contribution is 5.89. The molecule has 4 N–H and O–H groups in total. The summed E-state index contributed by atoms with van der Waals surface area (Å²) in [7, 11) is 6.64. The van der Waals surface area contributed by atoms with Crippen molar-refractivity contribution in [1.82, 2.24) is 30.2 Å². The first kappa shape index (κ1) is 59.5. The number of likely N-dealkylation sites (tertiary alicyclic amines) is 4. The maximum absolute atomic E-state index is 15.0. The summed E-state index contributed by atoms with van der Waals surface area (Å²) in [5.41, 5.74) is 0.349. The van der Waals surface area contributed by atoms with Crippen LogP contribution < -0.4 is 10.6 Å². The van der Waals surface area contributed by atoms with Gasteiger partial charge >= 0.3 is 0 Å². The number of amides is 4. The summed E-state index contributed by atoms with van der Waals surface area (Å²) in [6.45, 7) is 9.02. The topological polar surface area (TPSA) is 183 Å². The van der Waals surface area contributed by atoms with Gasteiger partial charge in [-0.25, -0.2) is 8.78 Å². The Balaban J connectivity index is 0.000000221. The largest absolute Gasteiger partial charge is 0.394 e. The molecule has 0 spiro atoms. The second kappa shape index (κ2) is 27.6. The minimum Gasteiger partial charge on any atom is -0.394 e. The summed E-state index contributed by atoms with van der Waals surface area (Å²) in [6, 6.07) is 9.43. The van der Waals surface area contributed by atoms with Gasteiger partial charge in [0.2, 0.25) is 23.6 Å². The van der Waals surface area contributed by atoms with Crippen LogP contribution in [0.1, 0.15) is 111 Å². The number of halogens is 2. The van der Waals surface area contributed by atoms with Crippen molar-refractivity contribution in [3.63, 3.8) is 0 Å². The Bertz CT molecular complexity index is 2250. The zero-order valence-corrected chi connectivity index (χ0v) is 46.2. The van der Waals surface area contributed by atoms with Crippen LogP contribution in [0, 0.1) is 48.1 Å². The zero-order chi connectivity index (χ0) is 54.6. The van der Waals surface area contributed by atoms with Gasteiger partial charge in [0.15, 0.2) is 0 Å². The number of hydrogen-bond acceptors (Lipinski definition) is 12. The van der Waals surface area contributed by atoms with E-state index in [1.165, 1.54) is 12.1 Å². The third-order valence-electron chi connectivity index (χ3n) is 18.3. The lowest BCUT2D eigenvalue weighted by Crippen LogP contribution is -2.64. The summed E-state index contributed by atoms with van der Waals surface area (Å²) in [5.74, 6) is -3.03. The van der Waals surface area contributed by atoms with Crippen molar-refractivity contribution in [2.24, 2.45) is 22.7 Å². The van der Waals surface area contributed by atoms with Crippen molar-refractivity contribution in [3.05, 3.63) is 70.3 Å². The first-order valence-electron chi connectivity index (χ1n) is 28.1. The smallest absolute Gasteiger partial charge is 0.231 e. The maximum atomic E-state index is 15.0. The Labute approximate surface area is 449 Å². The number of benzene rings is 2. The van der Waals surface area contributed by atoms with Crippen molar-refractivity contribution in [1.29, 1.82) is 0 Å². The molecule has 6 fully saturated rings. The number of hydrogen-bond donors (Lipinski definition) is 4. The number of ether oxygens (including phenoxy) is 4. The van der Waals surface area contributed by atoms with E-state index in [9.17, 15) is 33.8 Å². The molecule has 0 aromatic heterocycles. The highest BCUT2D eigenvalue weighted by Crippen LogP contribution is 2.52. The predicted molar refractivity (Wildman–Crippen MR) is 284 cm³/mol. The molecule has 4 amide bonds. The average Bonchev–Trinajstić information content (AvgIpc) is 3.52. The highest BCUT2D eigenvalue weighted by atomic mass is 19.1. The first-order chi connectivity index (χ1) is 36.7. The van der Waals surface area contributed by atoms with Gasteiger partial charge in [-0.05, 0) is 125 Å². The monoisotopic (exact) mass is 1070 g/mol. The number of aliphatic hydroxyl groups excluding tert-OH is 2. The maximum Gasteiger partial charge on any atom is 0.231 e. The van der Waals surface area contributed by atoms with Gasteiger partial charge in [0.25, 0.3) is 0 Å². The molecule has 424 valence electrons. The van der Waals surface area contributed by atoms with Crippen molar-refractivity contribution < 1.29 is 57.1 Å². The third kappa shape index (κ3) is 12.6. The number of methoxy groups -OCH3 is 4. The SMILES string of the molecule is COCC[C@]1(C(=O)N2CCC(OC)CC2)CNC[C@@H](C(=O)N2CCC(OC)CC2)[C@H]1c1cccc(F)c1C.COCC[C@]1(C(=O)N2CCCC[C@@H]2CO)CNC[C@@H](C(=O)N2CCCC[C@@H]2CO)[C@H]1c1cccc(F)c1C. The van der Waals surface area contributed by atoms with Gasteiger partial charge in [0, 0.05) is 119 Å². The lowest BCUT2D eigenvalue weighted by atomic mass is 9.60. The quantitative estimate of drug-likeness (QED) is 0.178. The van der Waals surface area contributed by atoms with Crippen molar-refractivity contribution in [2.75, 3.05) is 120 Å². The molecule has 0 radical (unpaired) electrons. The van der Waals surface area contributed by atoms with Crippen LogP contribution in [-0.4, -0.2) is 198 Å². The van der Waals surface area contributed by atoms with Gasteiger partial charge < -0.3 is 59.4 Å². The summed E-state index contributed by atoms with van der Waals surface area (Å²) < 4.78 is 52.0. The van der Waals surface area contributed by atoms with Crippen molar-refractivity contribution in [2.45, 2.75) is 127 Å². The van der Waals surface area contributed by atoms with Crippen LogP contribution in [0.2, 0.25) is 0 Å². The molecule has 6 heterocycles. The number of piperidine rings is 6. The number of aliphatic hydroxyl groups is 2. The third-order valence-corrected chi connectivity index (χ3v) is 18.3. The Morgan fingerprint density at radius 2 is 1.01 bits per heavy atom. The van der Waals surface area contributed by atoms with Crippen LogP contribution >= 0.6 is 0 Å². The van der Waals surface area contributed by atoms with E-state index < -0.39 is 34.5 Å². The fourth-order valence-electron chi connectivity index (χ4n) is 13.8. The van der Waals surface area contributed by atoms with Crippen LogP contribution in [0.5, 0.6) is 0 Å². The summed E-state index contributed by atoms with van der Waals surface area (Å²) in [6.07, 6.45) is 9.32. The Kier molecular flexibility index (Phi) is 21.6. The first-order valence-corrected chi connectivity index (χ1v) is 28.1. The number of nitrogens with zero attached hydrogens (tertiary/aromatic N) is 4. The highest BCUT2D eigenvalue weighted by Gasteiger charge is 2.58. The average molecular weight is 1070 g/mol. The van der Waals surface area contributed by atoms with E-state index in [4.69, 9.17) is 18.9 Å². The fourth-order valence-corrected chi connectivity index (χ4v) is 13.8. The summed E-state index contributed by atoms with van der Waals surface area (Å²) in [4.78, 5) is 65.0. The minimum atomic E-state index is -1.07. The molecule has 0 saturated carbocycles. The Morgan fingerprint density at radius 3 is 1.47 bits per heavy atom. The van der Waals surface area contributed by atoms with Crippen molar-refractivity contribution >= 4 is 23.6 Å². The molecule has 0 bridgehead atoms. The zero-order valence-electron chi connectivity index (χ0n) is 46.2. The molecule has 2 aromatic carbocycles. The van der Waals surface area contributed by atoms with E-state index >= 15 is 4.39 Å². The minimum absolute atomic E-state index is 0.0147.